The van der Waals surface area contributed by atoms with E-state index < -0.39 is 22.6 Å². The Kier molecular flexibility index (Phi) is 31.7. The maximum atomic E-state index is 12.5. The van der Waals surface area contributed by atoms with Crippen molar-refractivity contribution in [2.45, 2.75) is 111 Å². The number of phenols is 4. The third kappa shape index (κ3) is 29.1. The predicted molar refractivity (Wildman–Crippen MR) is 355 cm³/mol. The minimum Gasteiger partial charge on any atom is -0.508 e. The second kappa shape index (κ2) is 36.1. The van der Waals surface area contributed by atoms with Crippen molar-refractivity contribution in [1.82, 2.24) is 30.4 Å². The van der Waals surface area contributed by atoms with Gasteiger partial charge in [0.2, 0.25) is 5.95 Å². The molecule has 12 N–H and O–H groups in total. The van der Waals surface area contributed by atoms with Gasteiger partial charge in [0, 0.05) is 99.0 Å². The fraction of sp³-hybridized carbons (Fsp3) is 0.453. The number of aromatic nitrogens is 2. The number of benzene rings is 5. The van der Waals surface area contributed by atoms with Crippen LogP contribution in [0.1, 0.15) is 104 Å². The van der Waals surface area contributed by atoms with E-state index in [-0.39, 0.29) is 76.3 Å². The second-order valence-electron chi connectivity index (χ2n) is 24.0. The number of β-amino-alcohol motifs (C(OH)–C–C–N with tert-alkyl or cyclic N) is 2. The molecule has 2 aliphatic heterocycles. The average molecular weight is 1300 g/mol. The lowest BCUT2D eigenvalue weighted by atomic mass is 9.98. The maximum Gasteiger partial charge on any atom is 0.394 e. The number of nitrogens with zero attached hydrogens (tertiary/aromatic N) is 5. The van der Waals surface area contributed by atoms with Crippen LogP contribution >= 0.6 is 24.8 Å². The van der Waals surface area contributed by atoms with Gasteiger partial charge >= 0.3 is 10.4 Å². The summed E-state index contributed by atoms with van der Waals surface area (Å²) in [4.78, 5) is 27.9. The van der Waals surface area contributed by atoms with Crippen molar-refractivity contribution < 1.29 is 67.2 Å². The molecular formula is C64H92Cl2N8O14S. The lowest BCUT2D eigenvalue weighted by Crippen LogP contribution is -2.51. The van der Waals surface area contributed by atoms with Gasteiger partial charge in [-0.3, -0.25) is 18.8 Å². The van der Waals surface area contributed by atoms with Gasteiger partial charge in [-0.05, 0) is 146 Å². The number of anilines is 2. The highest BCUT2D eigenvalue weighted by Crippen LogP contribution is 2.35. The Morgan fingerprint density at radius 3 is 1.72 bits per heavy atom. The molecule has 8 rings (SSSR count). The molecule has 5 aromatic carbocycles. The van der Waals surface area contributed by atoms with Crippen molar-refractivity contribution in [3.63, 3.8) is 0 Å². The summed E-state index contributed by atoms with van der Waals surface area (Å²) in [7, 11) is 0.634. The van der Waals surface area contributed by atoms with Crippen LogP contribution in [0.4, 0.5) is 11.8 Å². The number of carbonyl (C=O) groups excluding carboxylic acids is 1. The molecule has 0 radical (unpaired) electrons. The smallest absolute Gasteiger partial charge is 0.394 e. The molecule has 3 heterocycles. The SMILES string of the molecule is CC(C)(C)NCC(O)c1cc(O)cc(O)c1.CC(C)(C)NCC(O)c1cc(O)cc(O)c1.CN(C/C=C/C#CC(C)(C)C)Cc1cccc2ccccc12.COc1cc2nc(N3CCN(C(=O)C4CCCO4)CC3)nc(N)c2cc1OC.Cl.Cl.O=S(=O)(O)O. The van der Waals surface area contributed by atoms with Crippen LogP contribution in [0.25, 0.3) is 21.7 Å². The topological polar surface area (TPSA) is 326 Å². The summed E-state index contributed by atoms with van der Waals surface area (Å²) in [5.41, 5.74) is 9.14. The summed E-state index contributed by atoms with van der Waals surface area (Å²) in [6.45, 7) is 24.2. The van der Waals surface area contributed by atoms with E-state index in [1.807, 2.05) is 57.4 Å². The highest BCUT2D eigenvalue weighted by molar-refractivity contribution is 7.79. The summed E-state index contributed by atoms with van der Waals surface area (Å²) in [6, 6.07) is 26.9. The van der Waals surface area contributed by atoms with Crippen molar-refractivity contribution in [3.8, 4) is 46.3 Å². The summed E-state index contributed by atoms with van der Waals surface area (Å²) in [5, 5.41) is 66.5. The van der Waals surface area contributed by atoms with Crippen molar-refractivity contribution in [2.75, 3.05) is 84.3 Å². The zero-order valence-electron chi connectivity index (χ0n) is 52.9. The number of hydrogen-bond acceptors (Lipinski definition) is 19. The van der Waals surface area contributed by atoms with Crippen LogP contribution in [0.2, 0.25) is 0 Å². The normalized spacial score (nSPS) is 14.8. The predicted octanol–water partition coefficient (Wildman–Crippen LogP) is 9.16. The van der Waals surface area contributed by atoms with Crippen LogP contribution in [0, 0.1) is 17.3 Å². The number of likely N-dealkylation sites (N-methyl/N-ethyl adjacent to an activating group) is 1. The molecule has 0 aliphatic carbocycles. The fourth-order valence-electron chi connectivity index (χ4n) is 8.71. The molecule has 2 saturated heterocycles. The molecule has 492 valence electrons. The number of fused-ring (bicyclic) bond motifs is 2. The van der Waals surface area contributed by atoms with E-state index in [1.54, 1.807) is 26.4 Å². The number of aromatic hydroxyl groups is 4. The minimum atomic E-state index is -4.67. The number of rotatable bonds is 14. The molecule has 0 spiro atoms. The summed E-state index contributed by atoms with van der Waals surface area (Å²) < 4.78 is 47.8. The molecule has 0 bridgehead atoms. The number of amides is 1. The largest absolute Gasteiger partial charge is 0.508 e. The Morgan fingerprint density at radius 2 is 1.25 bits per heavy atom. The first-order valence-corrected chi connectivity index (χ1v) is 29.8. The first-order chi connectivity index (χ1) is 40.6. The van der Waals surface area contributed by atoms with Gasteiger partial charge in [0.05, 0.1) is 31.9 Å². The molecule has 6 aromatic rings. The highest BCUT2D eigenvalue weighted by atomic mass is 35.5. The number of aliphatic hydroxyl groups is 2. The standard InChI is InChI=1S/C21H25N.C19H25N5O4.2C12H19NO3.2ClH.H2O4S/c1-21(2,3)15-8-5-9-16-22(4)17-19-13-10-12-18-11-6-7-14-20(18)19;1-26-15-10-12-13(11-16(15)27-2)21-19(22-17(12)20)24-7-5-23(6-8-24)18(25)14-4-3-9-28-14;2*1-12(2,3)13-7-11(16)8-4-9(14)6-10(15)5-8;;;1-5(2,3)4/h5-7,9-14H,16-17H2,1-4H3;10-11,14H,3-9H2,1-2H3,(H2,20,21,22);2*4-6,11,13-16H,7H2,1-3H3;2*1H;(H2,1,2,3,4)/b9-5+;;;;;;. The molecule has 0 saturated carbocycles. The highest BCUT2D eigenvalue weighted by Gasteiger charge is 2.31. The molecule has 22 nitrogen and oxygen atoms in total. The summed E-state index contributed by atoms with van der Waals surface area (Å²) in [5.74, 6) is 8.33. The van der Waals surface area contributed by atoms with Crippen molar-refractivity contribution in [3.05, 3.63) is 120 Å². The van der Waals surface area contributed by atoms with E-state index in [4.69, 9.17) is 37.5 Å². The number of allylic oxidation sites excluding steroid dienone is 1. The van der Waals surface area contributed by atoms with Gasteiger partial charge in [0.15, 0.2) is 11.5 Å². The van der Waals surface area contributed by atoms with Gasteiger partial charge in [-0.1, -0.05) is 60.4 Å². The third-order valence-electron chi connectivity index (χ3n) is 13.0. The van der Waals surface area contributed by atoms with Crippen LogP contribution in [0.5, 0.6) is 34.5 Å². The molecule has 2 aliphatic rings. The average Bonchev–Trinajstić information content (AvgIpc) is 2.91. The van der Waals surface area contributed by atoms with E-state index in [1.165, 1.54) is 52.7 Å². The van der Waals surface area contributed by atoms with Crippen molar-refractivity contribution in [2.24, 2.45) is 5.41 Å². The Hall–Kier alpha value is -6.92. The van der Waals surface area contributed by atoms with Gasteiger partial charge < -0.3 is 71.0 Å². The number of ether oxygens (including phenoxy) is 3. The van der Waals surface area contributed by atoms with Gasteiger partial charge in [-0.2, -0.15) is 13.4 Å². The molecule has 2 fully saturated rings. The van der Waals surface area contributed by atoms with Crippen LogP contribution in [0.15, 0.2) is 103 Å². The molecular weight excluding hydrogens is 1210 g/mol. The van der Waals surface area contributed by atoms with Gasteiger partial charge in [0.1, 0.15) is 34.9 Å². The Balaban J connectivity index is 0.000000401. The fourth-order valence-corrected chi connectivity index (χ4v) is 8.71. The van der Waals surface area contributed by atoms with E-state index in [2.05, 4.69) is 114 Å². The van der Waals surface area contributed by atoms with Gasteiger partial charge in [-0.25, -0.2) is 4.98 Å². The number of carbonyl (C=O) groups is 1. The second-order valence-corrected chi connectivity index (χ2v) is 24.9. The number of hydrogen-bond donors (Lipinski definition) is 11. The van der Waals surface area contributed by atoms with E-state index in [0.29, 0.717) is 91.2 Å². The van der Waals surface area contributed by atoms with E-state index in [9.17, 15) is 35.4 Å². The van der Waals surface area contributed by atoms with E-state index in [0.717, 1.165) is 25.9 Å². The van der Waals surface area contributed by atoms with Crippen LogP contribution < -0.4 is 30.7 Å². The monoisotopic (exact) mass is 1300 g/mol. The number of piperazine rings is 1. The molecule has 3 unspecified atom stereocenters. The van der Waals surface area contributed by atoms with Crippen LogP contribution in [-0.2, 0) is 26.5 Å². The molecule has 25 heteroatoms. The number of methoxy groups -OCH3 is 2. The molecule has 1 amide bonds. The van der Waals surface area contributed by atoms with Gasteiger partial charge in [0.25, 0.3) is 5.91 Å². The lowest BCUT2D eigenvalue weighted by molar-refractivity contribution is -0.141. The minimum absolute atomic E-state index is 0. The Bertz CT molecular complexity index is 3270. The quantitative estimate of drug-likeness (QED) is 0.0357. The molecule has 1 aromatic heterocycles. The zero-order chi connectivity index (χ0) is 64.9. The number of nitrogens with one attached hydrogen (secondary N) is 2. The van der Waals surface area contributed by atoms with Crippen molar-refractivity contribution in [1.29, 1.82) is 0 Å². The summed E-state index contributed by atoms with van der Waals surface area (Å²) >= 11 is 0. The van der Waals surface area contributed by atoms with Crippen LogP contribution in [0.3, 0.4) is 0 Å². The number of nitrogens with two attached hydrogens (primary N) is 1. The maximum absolute atomic E-state index is 12.5. The van der Waals surface area contributed by atoms with Gasteiger partial charge in [-0.15, -0.1) is 24.8 Å². The first kappa shape index (κ1) is 78.2. The lowest BCUT2D eigenvalue weighted by Gasteiger charge is -2.35. The number of phenolic OH excluding ortho intramolecular Hbond substituents is 4. The Morgan fingerprint density at radius 1 is 0.753 bits per heavy atom. The zero-order valence-corrected chi connectivity index (χ0v) is 55.3. The number of halogens is 2. The summed E-state index contributed by atoms with van der Waals surface area (Å²) in [6.07, 6.45) is 4.08. The van der Waals surface area contributed by atoms with Crippen molar-refractivity contribution >= 4 is 74.6 Å². The van der Waals surface area contributed by atoms with E-state index >= 15 is 0 Å². The molecule has 89 heavy (non-hydrogen) atoms. The van der Waals surface area contributed by atoms with Crippen LogP contribution in [-0.4, -0.2) is 165 Å². The number of aliphatic hydroxyl groups excluding tert-OH is 2. The first-order valence-electron chi connectivity index (χ1n) is 28.4. The third-order valence-corrected chi connectivity index (χ3v) is 13.0. The Labute approximate surface area is 536 Å². The molecule has 3 atom stereocenters. The number of nitrogen functional groups attached to an aromatic ring is 1.